The summed E-state index contributed by atoms with van der Waals surface area (Å²) in [7, 11) is 0. The number of amides is 1. The SMILES string of the molecule is CC(Cn1ccnc1)NCc1cc(C(N)=O)ccc1F. The van der Waals surface area contributed by atoms with Crippen molar-refractivity contribution < 1.29 is 9.18 Å². The molecular formula is C14H17FN4O. The molecule has 6 heteroatoms. The van der Waals surface area contributed by atoms with Gasteiger partial charge in [-0.3, -0.25) is 4.79 Å². The Balaban J connectivity index is 1.96. The molecule has 5 nitrogen and oxygen atoms in total. The molecule has 1 aromatic carbocycles. The van der Waals surface area contributed by atoms with Crippen LogP contribution in [-0.4, -0.2) is 21.5 Å². The summed E-state index contributed by atoms with van der Waals surface area (Å²) in [6, 6.07) is 4.27. The molecule has 1 aromatic heterocycles. The number of aromatic nitrogens is 2. The fourth-order valence-corrected chi connectivity index (χ4v) is 1.92. The standard InChI is InChI=1S/C14H17FN4O/c1-10(8-19-5-4-17-9-19)18-7-12-6-11(14(16)20)2-3-13(12)15/h2-6,9-10,18H,7-8H2,1H3,(H2,16,20). The molecule has 0 radical (unpaired) electrons. The van der Waals surface area contributed by atoms with Gasteiger partial charge in [0.15, 0.2) is 0 Å². The molecule has 0 aliphatic rings. The molecule has 0 saturated heterocycles. The zero-order chi connectivity index (χ0) is 14.5. The van der Waals surface area contributed by atoms with Crippen LogP contribution in [-0.2, 0) is 13.1 Å². The first-order valence-corrected chi connectivity index (χ1v) is 6.33. The number of halogens is 1. The molecule has 0 aliphatic heterocycles. The number of carbonyl (C=O) groups excluding carboxylic acids is 1. The Morgan fingerprint density at radius 1 is 1.55 bits per heavy atom. The lowest BCUT2D eigenvalue weighted by molar-refractivity contribution is 0.1000. The van der Waals surface area contributed by atoms with Crippen LogP contribution in [0, 0.1) is 5.82 Å². The third-order valence-corrected chi connectivity index (χ3v) is 3.02. The van der Waals surface area contributed by atoms with Gasteiger partial charge in [-0.1, -0.05) is 0 Å². The van der Waals surface area contributed by atoms with E-state index in [0.29, 0.717) is 17.7 Å². The summed E-state index contributed by atoms with van der Waals surface area (Å²) < 4.78 is 15.6. The predicted molar refractivity (Wildman–Crippen MR) is 73.4 cm³/mol. The summed E-state index contributed by atoms with van der Waals surface area (Å²) in [5.74, 6) is -0.907. The van der Waals surface area contributed by atoms with Gasteiger partial charge in [-0.05, 0) is 25.1 Å². The number of nitrogens with one attached hydrogen (secondary N) is 1. The first-order valence-electron chi connectivity index (χ1n) is 6.33. The first kappa shape index (κ1) is 14.2. The number of nitrogens with two attached hydrogens (primary N) is 1. The minimum absolute atomic E-state index is 0.140. The quantitative estimate of drug-likeness (QED) is 0.835. The number of benzene rings is 1. The summed E-state index contributed by atoms with van der Waals surface area (Å²) in [5.41, 5.74) is 5.93. The van der Waals surface area contributed by atoms with Crippen molar-refractivity contribution in [2.75, 3.05) is 0 Å². The summed E-state index contributed by atoms with van der Waals surface area (Å²) in [6.45, 7) is 3.07. The molecule has 1 unspecified atom stereocenters. The molecule has 2 rings (SSSR count). The molecule has 1 heterocycles. The van der Waals surface area contributed by atoms with E-state index in [0.717, 1.165) is 6.54 Å². The Kier molecular flexibility index (Phi) is 4.47. The fraction of sp³-hybridized carbons (Fsp3) is 0.286. The Bertz CT molecular complexity index is 583. The largest absolute Gasteiger partial charge is 0.366 e. The van der Waals surface area contributed by atoms with Crippen molar-refractivity contribution >= 4 is 5.91 Å². The van der Waals surface area contributed by atoms with Crippen molar-refractivity contribution in [3.63, 3.8) is 0 Å². The first-order chi connectivity index (χ1) is 9.56. The maximum atomic E-state index is 13.7. The van der Waals surface area contributed by atoms with Crippen molar-refractivity contribution in [2.24, 2.45) is 5.73 Å². The van der Waals surface area contributed by atoms with Crippen LogP contribution in [0.25, 0.3) is 0 Å². The monoisotopic (exact) mass is 276 g/mol. The molecule has 1 atom stereocenters. The van der Waals surface area contributed by atoms with Gasteiger partial charge in [0.25, 0.3) is 0 Å². The predicted octanol–water partition coefficient (Wildman–Crippen LogP) is 1.30. The lowest BCUT2D eigenvalue weighted by Crippen LogP contribution is -2.30. The maximum absolute atomic E-state index is 13.7. The molecular weight excluding hydrogens is 259 g/mol. The molecule has 3 N–H and O–H groups in total. The van der Waals surface area contributed by atoms with Crippen LogP contribution in [0.1, 0.15) is 22.8 Å². The fourth-order valence-electron chi connectivity index (χ4n) is 1.92. The highest BCUT2D eigenvalue weighted by atomic mass is 19.1. The number of imidazole rings is 1. The van der Waals surface area contributed by atoms with E-state index in [1.807, 2.05) is 17.7 Å². The summed E-state index contributed by atoms with van der Waals surface area (Å²) >= 11 is 0. The Labute approximate surface area is 116 Å². The van der Waals surface area contributed by atoms with Crippen LogP contribution in [0.5, 0.6) is 0 Å². The number of primary amides is 1. The van der Waals surface area contributed by atoms with Crippen LogP contribution in [0.4, 0.5) is 4.39 Å². The van der Waals surface area contributed by atoms with Crippen LogP contribution < -0.4 is 11.1 Å². The minimum Gasteiger partial charge on any atom is -0.366 e. The number of nitrogens with zero attached hydrogens (tertiary/aromatic N) is 2. The second-order valence-corrected chi connectivity index (χ2v) is 4.71. The third-order valence-electron chi connectivity index (χ3n) is 3.02. The molecule has 2 aromatic rings. The van der Waals surface area contributed by atoms with E-state index in [2.05, 4.69) is 10.3 Å². The van der Waals surface area contributed by atoms with E-state index in [1.54, 1.807) is 12.5 Å². The zero-order valence-corrected chi connectivity index (χ0v) is 11.2. The smallest absolute Gasteiger partial charge is 0.248 e. The van der Waals surface area contributed by atoms with Crippen LogP contribution in [0.15, 0.2) is 36.9 Å². The average Bonchev–Trinajstić information content (AvgIpc) is 2.90. The van der Waals surface area contributed by atoms with Crippen molar-refractivity contribution in [2.45, 2.75) is 26.1 Å². The van der Waals surface area contributed by atoms with E-state index < -0.39 is 5.91 Å². The molecule has 0 bridgehead atoms. The zero-order valence-electron chi connectivity index (χ0n) is 11.2. The number of rotatable bonds is 6. The van der Waals surface area contributed by atoms with Crippen molar-refractivity contribution in [3.8, 4) is 0 Å². The lowest BCUT2D eigenvalue weighted by atomic mass is 10.1. The Morgan fingerprint density at radius 2 is 2.35 bits per heavy atom. The number of carbonyl (C=O) groups is 1. The van der Waals surface area contributed by atoms with Gasteiger partial charge in [0.1, 0.15) is 5.82 Å². The lowest BCUT2D eigenvalue weighted by Gasteiger charge is -2.15. The van der Waals surface area contributed by atoms with E-state index >= 15 is 0 Å². The normalized spacial score (nSPS) is 12.3. The highest BCUT2D eigenvalue weighted by Gasteiger charge is 2.09. The minimum atomic E-state index is -0.558. The molecule has 0 fully saturated rings. The third kappa shape index (κ3) is 3.64. The molecule has 20 heavy (non-hydrogen) atoms. The van der Waals surface area contributed by atoms with Gasteiger partial charge in [-0.2, -0.15) is 0 Å². The summed E-state index contributed by atoms with van der Waals surface area (Å²) in [4.78, 5) is 15.0. The number of hydrogen-bond donors (Lipinski definition) is 2. The molecule has 0 spiro atoms. The van der Waals surface area contributed by atoms with Crippen LogP contribution >= 0.6 is 0 Å². The van der Waals surface area contributed by atoms with E-state index in [4.69, 9.17) is 5.73 Å². The van der Waals surface area contributed by atoms with Gasteiger partial charge >= 0.3 is 0 Å². The Morgan fingerprint density at radius 3 is 3.00 bits per heavy atom. The highest BCUT2D eigenvalue weighted by Crippen LogP contribution is 2.10. The second kappa shape index (κ2) is 6.29. The van der Waals surface area contributed by atoms with Crippen LogP contribution in [0.2, 0.25) is 0 Å². The molecule has 0 saturated carbocycles. The summed E-state index contributed by atoms with van der Waals surface area (Å²) in [5, 5.41) is 3.20. The van der Waals surface area contributed by atoms with E-state index in [-0.39, 0.29) is 11.9 Å². The Hall–Kier alpha value is -2.21. The average molecular weight is 276 g/mol. The van der Waals surface area contributed by atoms with Crippen molar-refractivity contribution in [1.82, 2.24) is 14.9 Å². The molecule has 1 amide bonds. The van der Waals surface area contributed by atoms with Gasteiger partial charge in [0.05, 0.1) is 6.33 Å². The maximum Gasteiger partial charge on any atom is 0.248 e. The topological polar surface area (TPSA) is 72.9 Å². The highest BCUT2D eigenvalue weighted by molar-refractivity contribution is 5.92. The van der Waals surface area contributed by atoms with Gasteiger partial charge in [-0.25, -0.2) is 9.37 Å². The van der Waals surface area contributed by atoms with Crippen molar-refractivity contribution in [3.05, 3.63) is 53.9 Å². The van der Waals surface area contributed by atoms with E-state index in [1.165, 1.54) is 18.2 Å². The van der Waals surface area contributed by atoms with Gasteiger partial charge < -0.3 is 15.6 Å². The molecule has 0 aliphatic carbocycles. The van der Waals surface area contributed by atoms with Gasteiger partial charge in [0.2, 0.25) is 5.91 Å². The number of hydrogen-bond acceptors (Lipinski definition) is 3. The van der Waals surface area contributed by atoms with Crippen molar-refractivity contribution in [1.29, 1.82) is 0 Å². The van der Waals surface area contributed by atoms with Gasteiger partial charge in [0, 0.05) is 42.7 Å². The van der Waals surface area contributed by atoms with Crippen LogP contribution in [0.3, 0.4) is 0 Å². The van der Waals surface area contributed by atoms with Gasteiger partial charge in [-0.15, -0.1) is 0 Å². The van der Waals surface area contributed by atoms with E-state index in [9.17, 15) is 9.18 Å². The second-order valence-electron chi connectivity index (χ2n) is 4.71. The summed E-state index contributed by atoms with van der Waals surface area (Å²) in [6.07, 6.45) is 5.31. The molecule has 106 valence electrons.